The second-order valence-corrected chi connectivity index (χ2v) is 4.60. The summed E-state index contributed by atoms with van der Waals surface area (Å²) in [5.74, 6) is -4.36. The van der Waals surface area contributed by atoms with Gasteiger partial charge in [-0.15, -0.1) is 0 Å². The van der Waals surface area contributed by atoms with Crippen LogP contribution >= 0.6 is 0 Å². The van der Waals surface area contributed by atoms with Crippen LogP contribution in [0.25, 0.3) is 5.69 Å². The van der Waals surface area contributed by atoms with Crippen molar-refractivity contribution < 1.29 is 13.2 Å². The van der Waals surface area contributed by atoms with E-state index in [1.165, 1.54) is 0 Å². The highest BCUT2D eigenvalue weighted by Gasteiger charge is 2.22. The Kier molecular flexibility index (Phi) is 2.77. The van der Waals surface area contributed by atoms with Gasteiger partial charge in [-0.25, -0.2) is 18.0 Å². The van der Waals surface area contributed by atoms with Gasteiger partial charge in [0.1, 0.15) is 0 Å². The largest absolute Gasteiger partial charge is 0.333 e. The predicted octanol–water partition coefficient (Wildman–Crippen LogP) is 1.43. The van der Waals surface area contributed by atoms with Crippen LogP contribution in [0.3, 0.4) is 0 Å². The third kappa shape index (κ3) is 1.77. The van der Waals surface area contributed by atoms with Crippen molar-refractivity contribution in [1.29, 1.82) is 0 Å². The molecule has 0 amide bonds. The highest BCUT2D eigenvalue weighted by Crippen LogP contribution is 2.22. The molecule has 0 bridgehead atoms. The van der Waals surface area contributed by atoms with Gasteiger partial charge in [0.15, 0.2) is 17.5 Å². The Labute approximate surface area is 110 Å². The number of halogens is 3. The summed E-state index contributed by atoms with van der Waals surface area (Å²) in [6, 6.07) is 1.47. The van der Waals surface area contributed by atoms with E-state index in [1.807, 2.05) is 0 Å². The van der Waals surface area contributed by atoms with Crippen molar-refractivity contribution in [2.75, 3.05) is 0 Å². The molecule has 0 saturated carbocycles. The lowest BCUT2D eigenvalue weighted by atomic mass is 10.2. The minimum atomic E-state index is -1.59. The van der Waals surface area contributed by atoms with Crippen molar-refractivity contribution in [3.8, 4) is 5.69 Å². The van der Waals surface area contributed by atoms with Crippen molar-refractivity contribution in [3.63, 3.8) is 0 Å². The van der Waals surface area contributed by atoms with Crippen LogP contribution in [0.4, 0.5) is 13.2 Å². The van der Waals surface area contributed by atoms with Crippen molar-refractivity contribution >= 4 is 0 Å². The van der Waals surface area contributed by atoms with E-state index in [4.69, 9.17) is 0 Å². The Hall–Kier alpha value is -2.31. The molecule has 1 aliphatic carbocycles. The maximum absolute atomic E-state index is 13.3. The van der Waals surface area contributed by atoms with Gasteiger partial charge < -0.3 is 0 Å². The SMILES string of the molecule is O=c1[nH]c(=O)n(-c2cc(F)c(F)c(F)c2)c2c1CCC2. The first-order chi connectivity index (χ1) is 9.49. The number of aromatic amines is 1. The van der Waals surface area contributed by atoms with E-state index in [1.54, 1.807) is 0 Å². The topological polar surface area (TPSA) is 54.9 Å². The molecule has 104 valence electrons. The van der Waals surface area contributed by atoms with Crippen LogP contribution in [-0.2, 0) is 12.8 Å². The number of H-pyrrole nitrogens is 1. The van der Waals surface area contributed by atoms with Gasteiger partial charge >= 0.3 is 5.69 Å². The number of aromatic nitrogens is 2. The van der Waals surface area contributed by atoms with Gasteiger partial charge in [-0.2, -0.15) is 0 Å². The maximum atomic E-state index is 13.3. The summed E-state index contributed by atoms with van der Waals surface area (Å²) >= 11 is 0. The molecular weight excluding hydrogens is 273 g/mol. The summed E-state index contributed by atoms with van der Waals surface area (Å²) in [5, 5.41) is 0. The first kappa shape index (κ1) is 12.7. The molecule has 2 aromatic rings. The van der Waals surface area contributed by atoms with Gasteiger partial charge in [0, 0.05) is 23.4 Å². The molecule has 0 radical (unpaired) electrons. The molecule has 0 fully saturated rings. The number of hydrogen-bond donors (Lipinski definition) is 1. The quantitative estimate of drug-likeness (QED) is 0.804. The molecule has 1 heterocycles. The van der Waals surface area contributed by atoms with Crippen LogP contribution in [0.5, 0.6) is 0 Å². The van der Waals surface area contributed by atoms with Crippen LogP contribution < -0.4 is 11.2 Å². The van der Waals surface area contributed by atoms with Crippen LogP contribution in [0.15, 0.2) is 21.7 Å². The Bertz CT molecular complexity index is 800. The molecule has 20 heavy (non-hydrogen) atoms. The third-order valence-electron chi connectivity index (χ3n) is 3.38. The molecule has 4 nitrogen and oxygen atoms in total. The fourth-order valence-corrected chi connectivity index (χ4v) is 2.51. The molecule has 7 heteroatoms. The standard InChI is InChI=1S/C13H9F3N2O2/c14-8-4-6(5-9(15)11(8)16)18-10-3-1-2-7(10)12(19)17-13(18)20/h4-5H,1-3H2,(H,17,19,20). The number of nitrogens with zero attached hydrogens (tertiary/aromatic N) is 1. The van der Waals surface area contributed by atoms with E-state index in [0.29, 0.717) is 30.5 Å². The van der Waals surface area contributed by atoms with Gasteiger partial charge in [0.2, 0.25) is 0 Å². The van der Waals surface area contributed by atoms with Crippen molar-refractivity contribution in [2.45, 2.75) is 19.3 Å². The summed E-state index contributed by atoms with van der Waals surface area (Å²) < 4.78 is 40.6. The monoisotopic (exact) mass is 282 g/mol. The molecule has 1 N–H and O–H groups in total. The molecule has 1 aliphatic rings. The molecular formula is C13H9F3N2O2. The summed E-state index contributed by atoms with van der Waals surface area (Å²) in [7, 11) is 0. The highest BCUT2D eigenvalue weighted by atomic mass is 19.2. The maximum Gasteiger partial charge on any atom is 0.333 e. The number of fused-ring (bicyclic) bond motifs is 1. The summed E-state index contributed by atoms with van der Waals surface area (Å²) in [5.41, 5.74) is -0.567. The van der Waals surface area contributed by atoms with Gasteiger partial charge in [-0.3, -0.25) is 14.3 Å². The smallest absolute Gasteiger partial charge is 0.273 e. The Morgan fingerprint density at radius 3 is 2.35 bits per heavy atom. The van der Waals surface area contributed by atoms with E-state index in [9.17, 15) is 22.8 Å². The van der Waals surface area contributed by atoms with Gasteiger partial charge in [0.25, 0.3) is 5.56 Å². The van der Waals surface area contributed by atoms with Crippen LogP contribution in [0.1, 0.15) is 17.7 Å². The molecule has 1 aromatic carbocycles. The number of benzene rings is 1. The van der Waals surface area contributed by atoms with E-state index >= 15 is 0 Å². The van der Waals surface area contributed by atoms with Gasteiger partial charge in [0.05, 0.1) is 5.69 Å². The Morgan fingerprint density at radius 2 is 1.70 bits per heavy atom. The average molecular weight is 282 g/mol. The molecule has 0 spiro atoms. The lowest BCUT2D eigenvalue weighted by molar-refractivity contribution is 0.446. The molecule has 0 unspecified atom stereocenters. The minimum absolute atomic E-state index is 0.138. The van der Waals surface area contributed by atoms with Crippen molar-refractivity contribution in [2.24, 2.45) is 0 Å². The second-order valence-electron chi connectivity index (χ2n) is 4.60. The first-order valence-corrected chi connectivity index (χ1v) is 6.01. The van der Waals surface area contributed by atoms with Gasteiger partial charge in [-0.05, 0) is 19.3 Å². The Morgan fingerprint density at radius 1 is 1.05 bits per heavy atom. The predicted molar refractivity (Wildman–Crippen MR) is 64.6 cm³/mol. The summed E-state index contributed by atoms with van der Waals surface area (Å²) in [6.07, 6.45) is 1.63. The van der Waals surface area contributed by atoms with Gasteiger partial charge in [-0.1, -0.05) is 0 Å². The molecule has 1 aromatic heterocycles. The fraction of sp³-hybridized carbons (Fsp3) is 0.231. The average Bonchev–Trinajstić information content (AvgIpc) is 2.85. The highest BCUT2D eigenvalue weighted by molar-refractivity contribution is 5.38. The molecule has 3 rings (SSSR count). The normalized spacial score (nSPS) is 13.6. The van der Waals surface area contributed by atoms with Crippen molar-refractivity contribution in [1.82, 2.24) is 9.55 Å². The van der Waals surface area contributed by atoms with E-state index in [2.05, 4.69) is 4.98 Å². The Balaban J connectivity index is 2.34. The van der Waals surface area contributed by atoms with Crippen LogP contribution in [0, 0.1) is 17.5 Å². The summed E-state index contributed by atoms with van der Waals surface area (Å²) in [4.78, 5) is 25.6. The molecule has 0 aliphatic heterocycles. The lowest BCUT2D eigenvalue weighted by Crippen LogP contribution is -2.33. The lowest BCUT2D eigenvalue weighted by Gasteiger charge is -2.11. The van der Waals surface area contributed by atoms with Crippen LogP contribution in [-0.4, -0.2) is 9.55 Å². The molecule has 0 saturated heterocycles. The zero-order valence-corrected chi connectivity index (χ0v) is 10.2. The van der Waals surface area contributed by atoms with E-state index < -0.39 is 28.7 Å². The van der Waals surface area contributed by atoms with Crippen molar-refractivity contribution in [3.05, 3.63) is 61.7 Å². The zero-order chi connectivity index (χ0) is 14.4. The third-order valence-corrected chi connectivity index (χ3v) is 3.38. The summed E-state index contributed by atoms with van der Waals surface area (Å²) in [6.45, 7) is 0. The minimum Gasteiger partial charge on any atom is -0.273 e. The fourth-order valence-electron chi connectivity index (χ4n) is 2.51. The van der Waals surface area contributed by atoms with E-state index in [-0.39, 0.29) is 5.69 Å². The first-order valence-electron chi connectivity index (χ1n) is 6.01. The zero-order valence-electron chi connectivity index (χ0n) is 10.2. The number of nitrogens with one attached hydrogen (secondary N) is 1. The van der Waals surface area contributed by atoms with E-state index in [0.717, 1.165) is 16.7 Å². The number of hydrogen-bond acceptors (Lipinski definition) is 2. The number of rotatable bonds is 1. The van der Waals surface area contributed by atoms with Crippen LogP contribution in [0.2, 0.25) is 0 Å². The molecule has 0 atom stereocenters. The second kappa shape index (κ2) is 4.36.